The van der Waals surface area contributed by atoms with Crippen molar-refractivity contribution < 1.29 is 102 Å². The maximum absolute atomic E-state index is 10.3. The van der Waals surface area contributed by atoms with Crippen molar-refractivity contribution in [3.8, 4) is 0 Å². The third-order valence-corrected chi connectivity index (χ3v) is 11.2. The molecule has 0 amide bonds. The number of carbonyl (C=O) groups is 2. The molecular weight excluding hydrogens is 1130 g/mol. The molecule has 0 aromatic rings. The second-order valence-electron chi connectivity index (χ2n) is 19.7. The Balaban J connectivity index is -0.0000000601. The lowest BCUT2D eigenvalue weighted by atomic mass is 10.2. The summed E-state index contributed by atoms with van der Waals surface area (Å²) >= 11 is 0. The van der Waals surface area contributed by atoms with Gasteiger partial charge in [-0.15, -0.1) is 13.2 Å². The number of aliphatic hydroxyl groups is 14. The lowest BCUT2D eigenvalue weighted by molar-refractivity contribution is -0.121. The van der Waals surface area contributed by atoms with Gasteiger partial charge in [0.25, 0.3) is 0 Å². The van der Waals surface area contributed by atoms with E-state index in [-0.39, 0.29) is 90.0 Å². The van der Waals surface area contributed by atoms with Crippen molar-refractivity contribution in [3.63, 3.8) is 0 Å². The smallest absolute Gasteiger partial charge is 0.158 e. The zero-order valence-corrected chi connectivity index (χ0v) is 57.2. The maximum Gasteiger partial charge on any atom is 0.158 e. The van der Waals surface area contributed by atoms with Crippen molar-refractivity contribution in [1.29, 1.82) is 0 Å². The minimum Gasteiger partial charge on any atom is -0.412 e. The van der Waals surface area contributed by atoms with Crippen LogP contribution in [-0.2, 0) is 19.1 Å². The Kier molecular flexibility index (Phi) is 145. The molecule has 0 aliphatic carbocycles. The number of aldehydes is 1. The predicted molar refractivity (Wildman–Crippen MR) is 357 cm³/mol. The standard InChI is InChI=1S/6C6H14O2.2C6H12O2.2C6H12O.C2H4.2H2O.2H2S/c8*1-2-3-4-6(8)5-7;2*1-2-3-4-6-5-7-6;1-2;;;;/h6*6-8H,2-5H2,1H3;7H,2-5H2,1H3;5-6,8H,2-4H2,1H3;2*6H,2-5H2,1H3;1-2H2;4*1H2/t6*6-;;6-;;;;;;;/m110000.0......./s1. The third-order valence-electron chi connectivity index (χ3n) is 11.2. The second kappa shape index (κ2) is 107. The first kappa shape index (κ1) is 114. The molecule has 2 unspecified atom stereocenters. The van der Waals surface area contributed by atoms with Gasteiger partial charge in [0.2, 0.25) is 0 Å². The number of Topliss-reactive ketones (excluding diaryl/α,β-unsaturated/α-hetero) is 1. The number of hydrogen-bond donors (Lipinski definition) is 14. The molecule has 2 aliphatic rings. The lowest BCUT2D eigenvalue weighted by Crippen LogP contribution is -2.10. The lowest BCUT2D eigenvalue weighted by Gasteiger charge is -2.02. The van der Waals surface area contributed by atoms with Gasteiger partial charge >= 0.3 is 0 Å². The molecule has 0 radical (unpaired) electrons. The highest BCUT2D eigenvalue weighted by molar-refractivity contribution is 7.59. The highest BCUT2D eigenvalue weighted by Crippen LogP contribution is 2.16. The van der Waals surface area contributed by atoms with Gasteiger partial charge < -0.3 is 96.7 Å². The SMILES string of the molecule is C=C.CCCCC(=O)CO.CCCCC1CO1.CCCCC1CO1.CCCC[C@@H](O)CO.CCCC[C@@H](O)CO.CCCC[C@H](O)C=O.CCCC[C@H](O)CO.CCCC[C@H](O)CO.CCCC[C@H](O)CO.CCCC[C@H](O)CO.O.O.S.S. The first-order valence-electron chi connectivity index (χ1n) is 31.1. The Morgan fingerprint density at radius 1 is 0.393 bits per heavy atom. The number of rotatable bonds is 38. The molecule has 84 heavy (non-hydrogen) atoms. The Morgan fingerprint density at radius 3 is 0.726 bits per heavy atom. The van der Waals surface area contributed by atoms with Crippen LogP contribution in [0.1, 0.15) is 262 Å². The van der Waals surface area contributed by atoms with Gasteiger partial charge in [-0.05, 0) is 64.2 Å². The van der Waals surface area contributed by atoms with Crippen LogP contribution < -0.4 is 0 Å². The molecule has 22 heteroatoms. The van der Waals surface area contributed by atoms with Crippen LogP contribution >= 0.6 is 27.0 Å². The van der Waals surface area contributed by atoms with E-state index in [9.17, 15) is 9.59 Å². The van der Waals surface area contributed by atoms with Crippen LogP contribution in [0.4, 0.5) is 0 Å². The van der Waals surface area contributed by atoms with Crippen LogP contribution in [0.25, 0.3) is 0 Å². The van der Waals surface area contributed by atoms with E-state index in [1.807, 2.05) is 13.8 Å². The summed E-state index contributed by atoms with van der Waals surface area (Å²) < 4.78 is 10.0. The molecule has 20 nitrogen and oxygen atoms in total. The molecule has 0 aromatic heterocycles. The molecule has 2 rings (SSSR count). The fourth-order valence-electron chi connectivity index (χ4n) is 5.45. The molecule has 0 bridgehead atoms. The number of ketones is 1. The number of ether oxygens (including phenoxy) is 2. The summed E-state index contributed by atoms with van der Waals surface area (Å²) in [6.45, 7) is 28.0. The molecule has 0 aromatic carbocycles. The van der Waals surface area contributed by atoms with Crippen molar-refractivity contribution >= 4 is 39.1 Å². The summed E-state index contributed by atoms with van der Waals surface area (Å²) in [5.41, 5.74) is 0. The van der Waals surface area contributed by atoms with Gasteiger partial charge in [-0.2, -0.15) is 27.0 Å². The zero-order chi connectivity index (χ0) is 63.5. The highest BCUT2D eigenvalue weighted by Gasteiger charge is 2.21. The summed E-state index contributed by atoms with van der Waals surface area (Å²) in [7, 11) is 0. The predicted octanol–water partition coefficient (Wildman–Crippen LogP) is 7.18. The Morgan fingerprint density at radius 2 is 0.583 bits per heavy atom. The van der Waals surface area contributed by atoms with E-state index in [1.54, 1.807) is 0 Å². The van der Waals surface area contributed by atoms with Gasteiger partial charge in [0.15, 0.2) is 5.78 Å². The van der Waals surface area contributed by atoms with Crippen molar-refractivity contribution in [1.82, 2.24) is 0 Å². The average Bonchev–Trinajstić information content (AvgIpc) is 4.46. The zero-order valence-electron chi connectivity index (χ0n) is 55.2. The maximum atomic E-state index is 10.3. The van der Waals surface area contributed by atoms with Crippen LogP contribution in [0.15, 0.2) is 13.2 Å². The van der Waals surface area contributed by atoms with Crippen LogP contribution in [-0.4, -0.2) is 209 Å². The molecule has 2 heterocycles. The van der Waals surface area contributed by atoms with Crippen molar-refractivity contribution in [2.24, 2.45) is 0 Å². The van der Waals surface area contributed by atoms with Gasteiger partial charge in [0.05, 0.1) is 102 Å². The molecule has 9 atom stereocenters. The normalized spacial score (nSPS) is 14.8. The van der Waals surface area contributed by atoms with E-state index in [0.29, 0.717) is 31.3 Å². The number of aliphatic hydroxyl groups excluding tert-OH is 14. The summed E-state index contributed by atoms with van der Waals surface area (Å²) in [4.78, 5) is 20.1. The molecule has 0 spiro atoms. The third kappa shape index (κ3) is 139. The average molecular weight is 1270 g/mol. The Labute approximate surface area is 527 Å². The molecule has 524 valence electrons. The van der Waals surface area contributed by atoms with E-state index in [4.69, 9.17) is 81.0 Å². The molecule has 2 saturated heterocycles. The fourth-order valence-corrected chi connectivity index (χ4v) is 5.45. The topological polar surface area (TPSA) is 405 Å². The first-order valence-corrected chi connectivity index (χ1v) is 31.1. The highest BCUT2D eigenvalue weighted by atomic mass is 32.1. The Hall–Kier alpha value is -0.940. The van der Waals surface area contributed by atoms with Crippen LogP contribution in [0, 0.1) is 0 Å². The van der Waals surface area contributed by atoms with E-state index in [1.165, 1.54) is 38.5 Å². The van der Waals surface area contributed by atoms with Crippen LogP contribution in [0.3, 0.4) is 0 Å². The summed E-state index contributed by atoms with van der Waals surface area (Å²) in [5.74, 6) is -0.0492. The van der Waals surface area contributed by atoms with E-state index >= 15 is 0 Å². The van der Waals surface area contributed by atoms with E-state index in [2.05, 4.69) is 68.5 Å². The largest absolute Gasteiger partial charge is 0.412 e. The van der Waals surface area contributed by atoms with E-state index in [0.717, 1.165) is 154 Å². The molecule has 0 saturated carbocycles. The number of unbranched alkanes of at least 4 members (excludes halogenated alkanes) is 10. The summed E-state index contributed by atoms with van der Waals surface area (Å²) in [5, 5.41) is 119. The quantitative estimate of drug-likeness (QED) is 0.0165. The number of hydrogen-bond acceptors (Lipinski definition) is 18. The first-order chi connectivity index (χ1) is 38.3. The number of epoxide rings is 2. The van der Waals surface area contributed by atoms with E-state index < -0.39 is 42.7 Å². The number of carbonyl (C=O) groups excluding carboxylic acids is 2. The molecule has 18 N–H and O–H groups in total. The summed E-state index contributed by atoms with van der Waals surface area (Å²) in [6.07, 6.45) is 28.0. The van der Waals surface area contributed by atoms with Crippen LogP contribution in [0.5, 0.6) is 0 Å². The fraction of sp³-hybridized carbons (Fsp3) is 0.935. The van der Waals surface area contributed by atoms with Gasteiger partial charge in [-0.25, -0.2) is 0 Å². The van der Waals surface area contributed by atoms with Crippen molar-refractivity contribution in [3.05, 3.63) is 13.2 Å². The second-order valence-corrected chi connectivity index (χ2v) is 19.7. The van der Waals surface area contributed by atoms with Gasteiger partial charge in [-0.3, -0.25) is 4.79 Å². The van der Waals surface area contributed by atoms with Crippen molar-refractivity contribution in [2.45, 2.75) is 317 Å². The molecular formula is C62H144O20S2. The minimum absolute atomic E-state index is 0. The van der Waals surface area contributed by atoms with Gasteiger partial charge in [0, 0.05) is 6.42 Å². The van der Waals surface area contributed by atoms with Crippen molar-refractivity contribution in [2.75, 3.05) is 59.5 Å². The Bertz CT molecular complexity index is 921. The van der Waals surface area contributed by atoms with Gasteiger partial charge in [-0.1, -0.05) is 191 Å². The minimum atomic E-state index is -0.727. The monoisotopic (exact) mass is 1270 g/mol. The van der Waals surface area contributed by atoms with Crippen LogP contribution in [0.2, 0.25) is 0 Å². The summed E-state index contributed by atoms with van der Waals surface area (Å²) in [6, 6.07) is 0. The molecule has 2 fully saturated rings. The van der Waals surface area contributed by atoms with Gasteiger partial charge in [0.1, 0.15) is 19.0 Å². The molecule has 2 aliphatic heterocycles.